The molecule has 0 saturated carbocycles. The fraction of sp³-hybridized carbons (Fsp3) is 0.462. The summed E-state index contributed by atoms with van der Waals surface area (Å²) in [5.41, 5.74) is 0. The Balaban J connectivity index is 1.86. The number of hydrogen-bond donors (Lipinski definition) is 0. The van der Waals surface area contributed by atoms with Crippen LogP contribution in [0.5, 0.6) is 5.75 Å². The van der Waals surface area contributed by atoms with Crippen molar-refractivity contribution in [1.82, 2.24) is 9.80 Å². The van der Waals surface area contributed by atoms with Gasteiger partial charge in [0.25, 0.3) is 5.91 Å². The minimum absolute atomic E-state index is 0.0743. The summed E-state index contributed by atoms with van der Waals surface area (Å²) < 4.78 is 18.2. The van der Waals surface area contributed by atoms with Crippen LogP contribution in [0.2, 0.25) is 5.02 Å². The number of hydrogen-bond acceptors (Lipinski definition) is 3. The van der Waals surface area contributed by atoms with Gasteiger partial charge in [-0.2, -0.15) is 0 Å². The lowest BCUT2D eigenvalue weighted by Crippen LogP contribution is -2.48. The predicted molar refractivity (Wildman–Crippen MR) is 71.0 cm³/mol. The Morgan fingerprint density at radius 2 is 2.05 bits per heavy atom. The van der Waals surface area contributed by atoms with Crippen LogP contribution in [0.15, 0.2) is 18.2 Å². The predicted octanol–water partition coefficient (Wildman–Crippen LogP) is 1.63. The second-order valence-electron chi connectivity index (χ2n) is 4.55. The first-order chi connectivity index (χ1) is 9.06. The molecule has 104 valence electrons. The molecule has 1 aromatic rings. The van der Waals surface area contributed by atoms with Crippen LogP contribution in [0.3, 0.4) is 0 Å². The van der Waals surface area contributed by atoms with Gasteiger partial charge < -0.3 is 14.5 Å². The maximum absolute atomic E-state index is 12.9. The molecule has 6 heteroatoms. The highest BCUT2D eigenvalue weighted by Crippen LogP contribution is 2.24. The van der Waals surface area contributed by atoms with E-state index < -0.39 is 5.82 Å². The molecule has 0 bridgehead atoms. The van der Waals surface area contributed by atoms with Crippen LogP contribution in [0.25, 0.3) is 0 Å². The number of carbonyl (C=O) groups excluding carboxylic acids is 1. The molecule has 4 nitrogen and oxygen atoms in total. The zero-order valence-corrected chi connectivity index (χ0v) is 11.5. The number of rotatable bonds is 3. The normalized spacial score (nSPS) is 16.5. The topological polar surface area (TPSA) is 32.8 Å². The molecule has 0 radical (unpaired) electrons. The zero-order chi connectivity index (χ0) is 13.8. The lowest BCUT2D eigenvalue weighted by Gasteiger charge is -2.32. The molecule has 0 aliphatic carbocycles. The number of piperazine rings is 1. The highest BCUT2D eigenvalue weighted by Gasteiger charge is 2.19. The first-order valence-corrected chi connectivity index (χ1v) is 6.48. The minimum atomic E-state index is -0.428. The van der Waals surface area contributed by atoms with E-state index in [1.807, 2.05) is 7.05 Å². The van der Waals surface area contributed by atoms with Crippen molar-refractivity contribution in [3.05, 3.63) is 29.0 Å². The van der Waals surface area contributed by atoms with E-state index in [0.717, 1.165) is 19.2 Å². The first-order valence-electron chi connectivity index (χ1n) is 6.10. The Morgan fingerprint density at radius 1 is 1.37 bits per heavy atom. The quantitative estimate of drug-likeness (QED) is 0.847. The van der Waals surface area contributed by atoms with Crippen molar-refractivity contribution in [2.24, 2.45) is 0 Å². The smallest absolute Gasteiger partial charge is 0.260 e. The SMILES string of the molecule is CN1CCN(C(=O)COc2ccc(F)cc2Cl)CC1. The van der Waals surface area contributed by atoms with E-state index in [4.69, 9.17) is 16.3 Å². The Hall–Kier alpha value is -1.33. The molecule has 1 amide bonds. The molecule has 1 aliphatic rings. The molecule has 1 heterocycles. The van der Waals surface area contributed by atoms with Crippen molar-refractivity contribution in [1.29, 1.82) is 0 Å². The van der Waals surface area contributed by atoms with Crippen molar-refractivity contribution in [2.75, 3.05) is 39.8 Å². The highest BCUT2D eigenvalue weighted by molar-refractivity contribution is 6.32. The van der Waals surface area contributed by atoms with Gasteiger partial charge in [-0.05, 0) is 25.2 Å². The average Bonchev–Trinajstić information content (AvgIpc) is 2.38. The summed E-state index contributed by atoms with van der Waals surface area (Å²) >= 11 is 5.82. The fourth-order valence-electron chi connectivity index (χ4n) is 1.88. The molecule has 0 unspecified atom stereocenters. The number of ether oxygens (including phenoxy) is 1. The van der Waals surface area contributed by atoms with Gasteiger partial charge in [0.05, 0.1) is 5.02 Å². The van der Waals surface area contributed by atoms with E-state index >= 15 is 0 Å². The monoisotopic (exact) mass is 286 g/mol. The second-order valence-corrected chi connectivity index (χ2v) is 4.95. The van der Waals surface area contributed by atoms with Crippen LogP contribution in [0.1, 0.15) is 0 Å². The van der Waals surface area contributed by atoms with Gasteiger partial charge in [-0.25, -0.2) is 4.39 Å². The molecular formula is C13H16ClFN2O2. The van der Waals surface area contributed by atoms with E-state index in [2.05, 4.69) is 4.90 Å². The summed E-state index contributed by atoms with van der Waals surface area (Å²) in [6, 6.07) is 3.84. The van der Waals surface area contributed by atoms with E-state index in [9.17, 15) is 9.18 Å². The Labute approximate surface area is 116 Å². The minimum Gasteiger partial charge on any atom is -0.482 e. The molecule has 2 rings (SSSR count). The lowest BCUT2D eigenvalue weighted by molar-refractivity contribution is -0.134. The van der Waals surface area contributed by atoms with Crippen molar-refractivity contribution < 1.29 is 13.9 Å². The summed E-state index contributed by atoms with van der Waals surface area (Å²) in [5, 5.41) is 0.172. The van der Waals surface area contributed by atoms with Crippen LogP contribution >= 0.6 is 11.6 Å². The number of likely N-dealkylation sites (N-methyl/N-ethyl adjacent to an activating group) is 1. The maximum atomic E-state index is 12.9. The van der Waals surface area contributed by atoms with Crippen molar-refractivity contribution >= 4 is 17.5 Å². The molecule has 0 spiro atoms. The molecule has 1 aromatic carbocycles. The summed E-state index contributed by atoms with van der Waals surface area (Å²) in [6.45, 7) is 3.06. The van der Waals surface area contributed by atoms with Gasteiger partial charge in [0, 0.05) is 26.2 Å². The first kappa shape index (κ1) is 14.1. The van der Waals surface area contributed by atoms with Crippen molar-refractivity contribution in [2.45, 2.75) is 0 Å². The number of nitrogens with zero attached hydrogens (tertiary/aromatic N) is 2. The lowest BCUT2D eigenvalue weighted by atomic mass is 10.3. The molecule has 0 aromatic heterocycles. The number of carbonyl (C=O) groups is 1. The van der Waals surface area contributed by atoms with Crippen molar-refractivity contribution in [3.8, 4) is 5.75 Å². The molecule has 19 heavy (non-hydrogen) atoms. The molecular weight excluding hydrogens is 271 g/mol. The van der Waals surface area contributed by atoms with Gasteiger partial charge in [0.15, 0.2) is 6.61 Å². The Bertz CT molecular complexity index is 462. The van der Waals surface area contributed by atoms with Gasteiger partial charge in [-0.15, -0.1) is 0 Å². The molecule has 1 saturated heterocycles. The zero-order valence-electron chi connectivity index (χ0n) is 10.7. The van der Waals surface area contributed by atoms with Gasteiger partial charge in [0.1, 0.15) is 11.6 Å². The van der Waals surface area contributed by atoms with E-state index in [-0.39, 0.29) is 17.5 Å². The van der Waals surface area contributed by atoms with Crippen LogP contribution in [0, 0.1) is 5.82 Å². The van der Waals surface area contributed by atoms with Crippen molar-refractivity contribution in [3.63, 3.8) is 0 Å². The fourth-order valence-corrected chi connectivity index (χ4v) is 2.10. The van der Waals surface area contributed by atoms with E-state index in [0.29, 0.717) is 18.8 Å². The maximum Gasteiger partial charge on any atom is 0.260 e. The number of halogens is 2. The van der Waals surface area contributed by atoms with Crippen LogP contribution in [-0.4, -0.2) is 55.5 Å². The Morgan fingerprint density at radius 3 is 2.68 bits per heavy atom. The molecule has 0 N–H and O–H groups in total. The molecule has 0 atom stereocenters. The molecule has 1 fully saturated rings. The standard InChI is InChI=1S/C13H16ClFN2O2/c1-16-4-6-17(7-5-16)13(18)9-19-12-3-2-10(15)8-11(12)14/h2-3,8H,4-7,9H2,1H3. The third-order valence-corrected chi connectivity index (χ3v) is 3.40. The summed E-state index contributed by atoms with van der Waals surface area (Å²) in [6.07, 6.45) is 0. The van der Waals surface area contributed by atoms with Gasteiger partial charge in [-0.1, -0.05) is 11.6 Å². The third-order valence-electron chi connectivity index (χ3n) is 3.10. The molecule has 1 aliphatic heterocycles. The van der Waals surface area contributed by atoms with Crippen LogP contribution in [0.4, 0.5) is 4.39 Å². The third kappa shape index (κ3) is 3.81. The summed E-state index contributed by atoms with van der Waals surface area (Å²) in [4.78, 5) is 15.9. The van der Waals surface area contributed by atoms with Gasteiger partial charge >= 0.3 is 0 Å². The van der Waals surface area contributed by atoms with Gasteiger partial charge in [-0.3, -0.25) is 4.79 Å². The number of benzene rings is 1. The largest absolute Gasteiger partial charge is 0.482 e. The van der Waals surface area contributed by atoms with E-state index in [1.165, 1.54) is 12.1 Å². The van der Waals surface area contributed by atoms with Crippen LogP contribution in [-0.2, 0) is 4.79 Å². The second kappa shape index (κ2) is 6.21. The Kier molecular flexibility index (Phi) is 4.61. The average molecular weight is 287 g/mol. The highest BCUT2D eigenvalue weighted by atomic mass is 35.5. The van der Waals surface area contributed by atoms with Crippen LogP contribution < -0.4 is 4.74 Å². The van der Waals surface area contributed by atoms with E-state index in [1.54, 1.807) is 4.90 Å². The van der Waals surface area contributed by atoms with Gasteiger partial charge in [0.2, 0.25) is 0 Å². The summed E-state index contributed by atoms with van der Waals surface area (Å²) in [5.74, 6) is -0.179. The summed E-state index contributed by atoms with van der Waals surface area (Å²) in [7, 11) is 2.02. The number of amides is 1.